The maximum Gasteiger partial charge on any atom is 0.293 e. The molecule has 0 aliphatic carbocycles. The highest BCUT2D eigenvalue weighted by Crippen LogP contribution is 2.25. The fourth-order valence-corrected chi connectivity index (χ4v) is 3.18. The highest BCUT2D eigenvalue weighted by atomic mass is 79.9. The number of hydrogen-bond donors (Lipinski definition) is 0. The van der Waals surface area contributed by atoms with E-state index in [1.165, 1.54) is 6.42 Å². The van der Waals surface area contributed by atoms with E-state index in [1.807, 2.05) is 20.8 Å². The molecule has 0 aromatic carbocycles. The Morgan fingerprint density at radius 3 is 2.85 bits per heavy atom. The van der Waals surface area contributed by atoms with Crippen molar-refractivity contribution in [3.63, 3.8) is 0 Å². The first kappa shape index (κ1) is 15.5. The van der Waals surface area contributed by atoms with Crippen molar-refractivity contribution < 1.29 is 0 Å². The molecule has 0 spiro atoms. The van der Waals surface area contributed by atoms with E-state index in [0.717, 1.165) is 31.1 Å². The molecule has 0 saturated carbocycles. The van der Waals surface area contributed by atoms with Crippen molar-refractivity contribution in [1.29, 1.82) is 0 Å². The number of nitrogens with zero attached hydrogens (tertiary/aromatic N) is 3. The highest BCUT2D eigenvalue weighted by molar-refractivity contribution is 9.09. The second-order valence-corrected chi connectivity index (χ2v) is 7.21. The lowest BCUT2D eigenvalue weighted by Crippen LogP contribution is -2.40. The molecule has 20 heavy (non-hydrogen) atoms. The van der Waals surface area contributed by atoms with E-state index in [-0.39, 0.29) is 11.1 Å². The Morgan fingerprint density at radius 2 is 2.20 bits per heavy atom. The van der Waals surface area contributed by atoms with Gasteiger partial charge in [0.15, 0.2) is 5.82 Å². The van der Waals surface area contributed by atoms with E-state index in [2.05, 4.69) is 25.8 Å². The van der Waals surface area contributed by atoms with Crippen LogP contribution in [0, 0.1) is 0 Å². The Morgan fingerprint density at radius 1 is 1.45 bits per heavy atom. The normalized spacial score (nSPS) is 19.6. The van der Waals surface area contributed by atoms with E-state index in [4.69, 9.17) is 0 Å². The Kier molecular flexibility index (Phi) is 4.89. The third-order valence-corrected chi connectivity index (χ3v) is 4.43. The van der Waals surface area contributed by atoms with Crippen LogP contribution in [0.15, 0.2) is 17.2 Å². The Balaban J connectivity index is 2.31. The summed E-state index contributed by atoms with van der Waals surface area (Å²) in [4.78, 5) is 19.3. The Bertz CT molecular complexity index is 507. The van der Waals surface area contributed by atoms with Crippen molar-refractivity contribution in [3.05, 3.63) is 22.7 Å². The first-order valence-corrected chi connectivity index (χ1v) is 8.48. The van der Waals surface area contributed by atoms with Gasteiger partial charge in [-0.05, 0) is 46.5 Å². The van der Waals surface area contributed by atoms with Crippen molar-refractivity contribution in [2.24, 2.45) is 0 Å². The molecule has 1 aromatic heterocycles. The molecule has 0 N–H and O–H groups in total. The molecule has 1 fully saturated rings. The van der Waals surface area contributed by atoms with Gasteiger partial charge < -0.3 is 9.47 Å². The third-order valence-electron chi connectivity index (χ3n) is 3.87. The first-order valence-electron chi connectivity index (χ1n) is 7.36. The summed E-state index contributed by atoms with van der Waals surface area (Å²) in [5.41, 5.74) is -0.175. The summed E-state index contributed by atoms with van der Waals surface area (Å²) in [5, 5.41) is 1.02. The molecule has 1 aromatic rings. The second-order valence-electron chi connectivity index (χ2n) is 6.42. The van der Waals surface area contributed by atoms with E-state index in [0.29, 0.717) is 11.9 Å². The van der Waals surface area contributed by atoms with Gasteiger partial charge >= 0.3 is 0 Å². The number of hydrogen-bond acceptors (Lipinski definition) is 3. The average molecular weight is 342 g/mol. The van der Waals surface area contributed by atoms with Gasteiger partial charge in [0.25, 0.3) is 5.56 Å². The molecule has 0 radical (unpaired) electrons. The summed E-state index contributed by atoms with van der Waals surface area (Å²) in [5.74, 6) is 0.625. The summed E-state index contributed by atoms with van der Waals surface area (Å²) >= 11 is 3.49. The van der Waals surface area contributed by atoms with Crippen LogP contribution >= 0.6 is 15.9 Å². The molecule has 2 rings (SSSR count). The van der Waals surface area contributed by atoms with E-state index >= 15 is 0 Å². The van der Waals surface area contributed by atoms with Crippen molar-refractivity contribution in [3.8, 4) is 0 Å². The summed E-state index contributed by atoms with van der Waals surface area (Å²) in [7, 11) is 0. The van der Waals surface area contributed by atoms with Crippen LogP contribution in [0.4, 0.5) is 5.82 Å². The monoisotopic (exact) mass is 341 g/mol. The zero-order valence-corrected chi connectivity index (χ0v) is 14.2. The lowest BCUT2D eigenvalue weighted by atomic mass is 10.1. The van der Waals surface area contributed by atoms with Gasteiger partial charge in [0, 0.05) is 35.8 Å². The molecular formula is C15H24BrN3O. The zero-order chi connectivity index (χ0) is 14.8. The van der Waals surface area contributed by atoms with E-state index < -0.39 is 0 Å². The fraction of sp³-hybridized carbons (Fsp3) is 0.733. The SMILES string of the molecule is CC(C)(C)n1ccnc(N2CCCC2CCCBr)c1=O. The summed E-state index contributed by atoms with van der Waals surface area (Å²) in [6.07, 6.45) is 8.12. The summed E-state index contributed by atoms with van der Waals surface area (Å²) in [6, 6.07) is 0.462. The van der Waals surface area contributed by atoms with Crippen molar-refractivity contribution >= 4 is 21.7 Å². The molecule has 1 aliphatic heterocycles. The van der Waals surface area contributed by atoms with Crippen LogP contribution in [-0.2, 0) is 5.54 Å². The summed E-state index contributed by atoms with van der Waals surface area (Å²) in [6.45, 7) is 7.09. The van der Waals surface area contributed by atoms with Crippen LogP contribution < -0.4 is 10.5 Å². The van der Waals surface area contributed by atoms with Gasteiger partial charge in [-0.25, -0.2) is 4.98 Å². The number of rotatable bonds is 4. The molecule has 1 saturated heterocycles. The number of anilines is 1. The lowest BCUT2D eigenvalue weighted by Gasteiger charge is -2.28. The zero-order valence-electron chi connectivity index (χ0n) is 12.6. The third kappa shape index (κ3) is 3.25. The summed E-state index contributed by atoms with van der Waals surface area (Å²) < 4.78 is 1.79. The van der Waals surface area contributed by atoms with Gasteiger partial charge in [0.05, 0.1) is 0 Å². The molecule has 1 aliphatic rings. The fourth-order valence-electron chi connectivity index (χ4n) is 2.85. The molecule has 0 amide bonds. The van der Waals surface area contributed by atoms with Gasteiger partial charge in [0.1, 0.15) is 0 Å². The van der Waals surface area contributed by atoms with Crippen LogP contribution in [0.3, 0.4) is 0 Å². The van der Waals surface area contributed by atoms with Crippen LogP contribution in [0.5, 0.6) is 0 Å². The topological polar surface area (TPSA) is 38.1 Å². The van der Waals surface area contributed by atoms with Crippen LogP contribution in [-0.4, -0.2) is 27.5 Å². The first-order chi connectivity index (χ1) is 9.45. The molecule has 5 heteroatoms. The maximum atomic E-state index is 12.7. The minimum atomic E-state index is -0.208. The Labute approximate surface area is 129 Å². The van der Waals surface area contributed by atoms with E-state index in [9.17, 15) is 4.79 Å². The number of aromatic nitrogens is 2. The molecule has 2 heterocycles. The highest BCUT2D eigenvalue weighted by Gasteiger charge is 2.28. The minimum Gasteiger partial charge on any atom is -0.349 e. The molecule has 4 nitrogen and oxygen atoms in total. The average Bonchev–Trinajstić information content (AvgIpc) is 2.83. The van der Waals surface area contributed by atoms with Gasteiger partial charge in [-0.2, -0.15) is 0 Å². The smallest absolute Gasteiger partial charge is 0.293 e. The quantitative estimate of drug-likeness (QED) is 0.789. The van der Waals surface area contributed by atoms with Gasteiger partial charge in [-0.15, -0.1) is 0 Å². The van der Waals surface area contributed by atoms with Crippen molar-refractivity contribution in [1.82, 2.24) is 9.55 Å². The van der Waals surface area contributed by atoms with Crippen molar-refractivity contribution in [2.75, 3.05) is 16.8 Å². The van der Waals surface area contributed by atoms with Gasteiger partial charge in [-0.1, -0.05) is 15.9 Å². The molecular weight excluding hydrogens is 318 g/mol. The molecule has 0 bridgehead atoms. The van der Waals surface area contributed by atoms with E-state index in [1.54, 1.807) is 17.0 Å². The minimum absolute atomic E-state index is 0.0331. The van der Waals surface area contributed by atoms with Crippen LogP contribution in [0.1, 0.15) is 46.5 Å². The molecule has 112 valence electrons. The largest absolute Gasteiger partial charge is 0.349 e. The van der Waals surface area contributed by atoms with Crippen molar-refractivity contribution in [2.45, 2.75) is 58.0 Å². The molecule has 1 unspecified atom stereocenters. The predicted molar refractivity (Wildman–Crippen MR) is 86.9 cm³/mol. The number of alkyl halides is 1. The maximum absolute atomic E-state index is 12.7. The lowest BCUT2D eigenvalue weighted by molar-refractivity contribution is 0.382. The predicted octanol–water partition coefficient (Wildman–Crippen LogP) is 3.14. The van der Waals surface area contributed by atoms with Gasteiger partial charge in [-0.3, -0.25) is 4.79 Å². The molecule has 1 atom stereocenters. The Hall–Kier alpha value is -0.840. The van der Waals surface area contributed by atoms with Crippen LogP contribution in [0.2, 0.25) is 0 Å². The standard InChI is InChI=1S/C15H24BrN3O/c1-15(2,3)19-11-9-17-13(14(19)20)18-10-5-7-12(18)6-4-8-16/h9,11-12H,4-8,10H2,1-3H3. The van der Waals surface area contributed by atoms with Crippen LogP contribution in [0.25, 0.3) is 0 Å². The van der Waals surface area contributed by atoms with Gasteiger partial charge in [0.2, 0.25) is 0 Å². The number of halogens is 1. The second kappa shape index (κ2) is 6.29.